The highest BCUT2D eigenvalue weighted by Gasteiger charge is 2.42. The maximum absolute atomic E-state index is 11.2. The molecule has 4 aromatic rings. The summed E-state index contributed by atoms with van der Waals surface area (Å²) in [6, 6.07) is 21.9. The Bertz CT molecular complexity index is 1370. The van der Waals surface area contributed by atoms with Crippen molar-refractivity contribution in [2.24, 2.45) is 0 Å². The lowest BCUT2D eigenvalue weighted by molar-refractivity contribution is 0.0697. The number of rotatable bonds is 5. The van der Waals surface area contributed by atoms with Crippen LogP contribution in [0.15, 0.2) is 87.9 Å². The Balaban J connectivity index is 1.57. The predicted molar refractivity (Wildman–Crippen MR) is 138 cm³/mol. The van der Waals surface area contributed by atoms with Crippen LogP contribution in [0.25, 0.3) is 11.3 Å². The molecule has 0 aliphatic carbocycles. The van der Waals surface area contributed by atoms with E-state index in [0.29, 0.717) is 10.9 Å². The number of aromatic carboxylic acids is 1. The van der Waals surface area contributed by atoms with Crippen LogP contribution in [0.1, 0.15) is 39.5 Å². The van der Waals surface area contributed by atoms with Gasteiger partial charge in [0.2, 0.25) is 0 Å². The van der Waals surface area contributed by atoms with Crippen LogP contribution in [0.5, 0.6) is 0 Å². The number of nitrogens with one attached hydrogen (secondary N) is 1. The number of carboxylic acid groups (broad SMARTS) is 1. The maximum atomic E-state index is 11.2. The summed E-state index contributed by atoms with van der Waals surface area (Å²) in [5.74, 6) is 0.410. The number of carbonyl (C=O) groups is 1. The summed E-state index contributed by atoms with van der Waals surface area (Å²) in [6.07, 6.45) is 1.77. The third kappa shape index (κ3) is 4.10. The first-order valence-corrected chi connectivity index (χ1v) is 11.8. The lowest BCUT2D eigenvalue weighted by atomic mass is 10.0. The molecule has 0 bridgehead atoms. The highest BCUT2D eigenvalue weighted by Crippen LogP contribution is 2.43. The Kier molecular flexibility index (Phi) is 5.93. The Morgan fingerprint density at radius 3 is 2.59 bits per heavy atom. The van der Waals surface area contributed by atoms with Gasteiger partial charge in [-0.15, -0.1) is 0 Å². The summed E-state index contributed by atoms with van der Waals surface area (Å²) in [7, 11) is 0. The van der Waals surface area contributed by atoms with Crippen LogP contribution in [-0.4, -0.2) is 21.2 Å². The summed E-state index contributed by atoms with van der Waals surface area (Å²) in [5.41, 5.74) is 3.93. The minimum absolute atomic E-state index is 0.217. The Morgan fingerprint density at radius 2 is 1.91 bits per heavy atom. The van der Waals surface area contributed by atoms with Gasteiger partial charge in [-0.25, -0.2) is 4.79 Å². The molecule has 6 nitrogen and oxygen atoms in total. The predicted octanol–water partition coefficient (Wildman–Crippen LogP) is 6.29. The monoisotopic (exact) mass is 533 g/mol. The number of halogens is 1. The zero-order valence-electron chi connectivity index (χ0n) is 18.1. The van der Waals surface area contributed by atoms with Crippen molar-refractivity contribution in [2.75, 3.05) is 4.90 Å². The zero-order valence-corrected chi connectivity index (χ0v) is 20.5. The second kappa shape index (κ2) is 9.04. The standard InChI is InChI=1S/C26H20BrN3O3S/c1-15-14-18(9-10-19(15)27)30-24(23(29-26(30)34)20-4-2-3-13-28-20)22-12-11-21(33-22)16-5-7-17(8-6-16)25(31)32/h2-14,23-24H,1H3,(H,29,34)(H,31,32)/t23-,24-/m1/s1. The molecule has 0 saturated carbocycles. The first kappa shape index (κ1) is 22.3. The Hall–Kier alpha value is -3.49. The van der Waals surface area contributed by atoms with Crippen molar-refractivity contribution in [3.05, 3.63) is 106 Å². The molecule has 0 amide bonds. The van der Waals surface area contributed by atoms with Crippen LogP contribution >= 0.6 is 28.1 Å². The van der Waals surface area contributed by atoms with Crippen molar-refractivity contribution in [2.45, 2.75) is 19.0 Å². The fourth-order valence-corrected chi connectivity index (χ4v) is 4.74. The lowest BCUT2D eigenvalue weighted by Gasteiger charge is -2.26. The molecule has 2 N–H and O–H groups in total. The van der Waals surface area contributed by atoms with Gasteiger partial charge < -0.3 is 19.7 Å². The number of furan rings is 1. The molecule has 2 aromatic heterocycles. The lowest BCUT2D eigenvalue weighted by Crippen LogP contribution is -2.29. The van der Waals surface area contributed by atoms with Crippen molar-refractivity contribution >= 4 is 44.9 Å². The minimum atomic E-state index is -0.962. The van der Waals surface area contributed by atoms with Gasteiger partial charge in [-0.05, 0) is 79.3 Å². The maximum Gasteiger partial charge on any atom is 0.335 e. The molecule has 2 atom stereocenters. The minimum Gasteiger partial charge on any atom is -0.478 e. The fraction of sp³-hybridized carbons (Fsp3) is 0.115. The summed E-state index contributed by atoms with van der Waals surface area (Å²) in [5, 5.41) is 13.2. The van der Waals surface area contributed by atoms with Gasteiger partial charge in [0.15, 0.2) is 5.11 Å². The van der Waals surface area contributed by atoms with Gasteiger partial charge in [-0.2, -0.15) is 0 Å². The van der Waals surface area contributed by atoms with Crippen molar-refractivity contribution < 1.29 is 14.3 Å². The summed E-state index contributed by atoms with van der Waals surface area (Å²) >= 11 is 9.34. The highest BCUT2D eigenvalue weighted by atomic mass is 79.9. The number of thiocarbonyl (C=S) groups is 1. The topological polar surface area (TPSA) is 78.6 Å². The van der Waals surface area contributed by atoms with Crippen LogP contribution in [0.4, 0.5) is 5.69 Å². The molecule has 2 aromatic carbocycles. The number of pyridine rings is 1. The van der Waals surface area contributed by atoms with Crippen molar-refractivity contribution in [1.29, 1.82) is 0 Å². The van der Waals surface area contributed by atoms with Gasteiger partial charge >= 0.3 is 5.97 Å². The average molecular weight is 534 g/mol. The van der Waals surface area contributed by atoms with Gasteiger partial charge in [0.25, 0.3) is 0 Å². The van der Waals surface area contributed by atoms with E-state index in [1.54, 1.807) is 30.5 Å². The molecular weight excluding hydrogens is 514 g/mol. The number of aromatic nitrogens is 1. The summed E-state index contributed by atoms with van der Waals surface area (Å²) in [6.45, 7) is 2.04. The third-order valence-electron chi connectivity index (χ3n) is 5.85. The summed E-state index contributed by atoms with van der Waals surface area (Å²) in [4.78, 5) is 17.8. The zero-order chi connectivity index (χ0) is 23.8. The number of anilines is 1. The highest BCUT2D eigenvalue weighted by molar-refractivity contribution is 9.10. The molecule has 1 aliphatic heterocycles. The van der Waals surface area contributed by atoms with E-state index in [0.717, 1.165) is 32.7 Å². The van der Waals surface area contributed by atoms with Crippen molar-refractivity contribution in [3.63, 3.8) is 0 Å². The van der Waals surface area contributed by atoms with Crippen LogP contribution in [-0.2, 0) is 0 Å². The second-order valence-corrected chi connectivity index (χ2v) is 9.26. The molecular formula is C26H20BrN3O3S. The van der Waals surface area contributed by atoms with Gasteiger partial charge in [-0.3, -0.25) is 4.98 Å². The van der Waals surface area contributed by atoms with E-state index in [2.05, 4.69) is 37.2 Å². The van der Waals surface area contributed by atoms with Gasteiger partial charge in [0.05, 0.1) is 17.3 Å². The van der Waals surface area contributed by atoms with Gasteiger partial charge in [0, 0.05) is 21.9 Å². The number of benzene rings is 2. The van der Waals surface area contributed by atoms with E-state index >= 15 is 0 Å². The number of hydrogen-bond acceptors (Lipinski definition) is 4. The summed E-state index contributed by atoms with van der Waals surface area (Å²) < 4.78 is 7.36. The normalized spacial score (nSPS) is 17.6. The van der Waals surface area contributed by atoms with E-state index in [1.807, 2.05) is 49.4 Å². The molecule has 3 heterocycles. The van der Waals surface area contributed by atoms with Crippen LogP contribution in [0.3, 0.4) is 0 Å². The van der Waals surface area contributed by atoms with E-state index < -0.39 is 5.97 Å². The molecule has 1 saturated heterocycles. The van der Waals surface area contributed by atoms with Crippen LogP contribution in [0, 0.1) is 6.92 Å². The molecule has 170 valence electrons. The Morgan fingerprint density at radius 1 is 1.12 bits per heavy atom. The average Bonchev–Trinajstić information content (AvgIpc) is 3.46. The second-order valence-electron chi connectivity index (χ2n) is 8.01. The van der Waals surface area contributed by atoms with E-state index in [4.69, 9.17) is 16.6 Å². The number of nitrogens with zero attached hydrogens (tertiary/aromatic N) is 2. The molecule has 8 heteroatoms. The van der Waals surface area contributed by atoms with Crippen LogP contribution in [0.2, 0.25) is 0 Å². The fourth-order valence-electron chi connectivity index (χ4n) is 4.14. The molecule has 0 spiro atoms. The number of aryl methyl sites for hydroxylation is 1. The van der Waals surface area contributed by atoms with Crippen LogP contribution < -0.4 is 10.2 Å². The number of carboxylic acids is 1. The van der Waals surface area contributed by atoms with Crippen molar-refractivity contribution in [1.82, 2.24) is 10.3 Å². The smallest absolute Gasteiger partial charge is 0.335 e. The quantitative estimate of drug-likeness (QED) is 0.292. The molecule has 0 unspecified atom stereocenters. The Labute approximate surface area is 210 Å². The third-order valence-corrected chi connectivity index (χ3v) is 7.06. The molecule has 5 rings (SSSR count). The van der Waals surface area contributed by atoms with Crippen molar-refractivity contribution in [3.8, 4) is 11.3 Å². The largest absolute Gasteiger partial charge is 0.478 e. The number of hydrogen-bond donors (Lipinski definition) is 2. The first-order chi connectivity index (χ1) is 16.4. The van der Waals surface area contributed by atoms with Gasteiger partial charge in [-0.1, -0.05) is 34.1 Å². The SMILES string of the molecule is Cc1cc(N2C(=S)N[C@H](c3ccccn3)[C@H]2c2ccc(-c3ccc(C(=O)O)cc3)o2)ccc1Br. The van der Waals surface area contributed by atoms with E-state index in [9.17, 15) is 9.90 Å². The molecule has 1 fully saturated rings. The van der Waals surface area contributed by atoms with E-state index in [1.165, 1.54) is 0 Å². The van der Waals surface area contributed by atoms with Gasteiger partial charge in [0.1, 0.15) is 17.6 Å². The molecule has 1 aliphatic rings. The first-order valence-electron chi connectivity index (χ1n) is 10.6. The molecule has 0 radical (unpaired) electrons. The molecule has 34 heavy (non-hydrogen) atoms. The van der Waals surface area contributed by atoms with E-state index in [-0.39, 0.29) is 17.6 Å².